The molecule has 5 amide bonds. The van der Waals surface area contributed by atoms with Gasteiger partial charge < -0.3 is 60.0 Å². The van der Waals surface area contributed by atoms with Crippen LogP contribution in [0.1, 0.15) is 180 Å². The lowest BCUT2D eigenvalue weighted by Crippen LogP contribution is -2.58. The summed E-state index contributed by atoms with van der Waals surface area (Å²) in [4.78, 5) is 97.1. The van der Waals surface area contributed by atoms with Gasteiger partial charge >= 0.3 is 12.1 Å². The highest BCUT2D eigenvalue weighted by atomic mass is 32.1. The number of carbonyl (C=O) groups is 6. The first-order valence-electron chi connectivity index (χ1n) is 33.3. The Morgan fingerprint density at radius 3 is 2.02 bits per heavy atom. The first-order valence-corrected chi connectivity index (χ1v) is 34.1. The Balaban J connectivity index is 0.942. The normalized spacial score (nSPS) is 18.6. The molecule has 7 atom stereocenters. The molecule has 6 rings (SSSR count). The van der Waals surface area contributed by atoms with Crippen molar-refractivity contribution in [3.05, 3.63) is 87.4 Å². The summed E-state index contributed by atoms with van der Waals surface area (Å²) in [5.74, 6) is -2.60. The number of nitrogens with zero attached hydrogens (tertiary/aromatic N) is 5. The van der Waals surface area contributed by atoms with Crippen molar-refractivity contribution >= 4 is 53.2 Å². The molecule has 2 saturated heterocycles. The number of alkyl carbamates (subject to hydrolysis) is 1. The van der Waals surface area contributed by atoms with Gasteiger partial charge in [0.15, 0.2) is 6.10 Å². The second kappa shape index (κ2) is 40.1. The fourth-order valence-electron chi connectivity index (χ4n) is 12.1. The first-order chi connectivity index (χ1) is 43.5. The molecule has 90 heavy (non-hydrogen) atoms. The summed E-state index contributed by atoms with van der Waals surface area (Å²) in [5, 5.41) is 28.1. The standard InChI is InChI=1S/C68H105N9O12S/c1-8-49(4)61(74-64(80)58-24-18-19-33-75(58)6)66(81)76(7)59(48(2)3)44-60(65-73-57(47-90-65)63(79)72-55(42-50(5)67(82)83)43-51-20-14-13-15-21-51)89-71-45-52-25-27-54(28-26-52)62(78)69-31-36-85-38-40-87-41-39-86-37-32-70-68(84)88-46-53-29-34-77(35-30-53)56-22-16-11-9-10-12-17-23-56/h13-15,20-21,25-28,45,47-50,53,55-56,58-61H,8-12,16-19,22-24,29-44,46H2,1-7H3,(H,69,78)(H,70,84)(H,72,79)(H,74,80)(H,82,83)/b71-45+/t49-,50+,55-,58-,59-,60?,61+/m1/s1. The average molecular weight is 1270 g/mol. The van der Waals surface area contributed by atoms with E-state index in [0.29, 0.717) is 81.1 Å². The second-order valence-electron chi connectivity index (χ2n) is 25.2. The highest BCUT2D eigenvalue weighted by Crippen LogP contribution is 2.32. The number of piperidine rings is 2. The maximum atomic E-state index is 14.6. The third kappa shape index (κ3) is 25.2. The minimum atomic E-state index is -0.957. The van der Waals surface area contributed by atoms with Gasteiger partial charge in [-0.15, -0.1) is 11.3 Å². The van der Waals surface area contributed by atoms with Crippen LogP contribution in [0.5, 0.6) is 0 Å². The Bertz CT molecular complexity index is 2630. The van der Waals surface area contributed by atoms with E-state index in [1.165, 1.54) is 68.9 Å². The first kappa shape index (κ1) is 73.0. The minimum absolute atomic E-state index is 0.0893. The molecular formula is C68H105N9O12S. The molecule has 3 aromatic rings. The predicted octanol–water partition coefficient (Wildman–Crippen LogP) is 9.30. The van der Waals surface area contributed by atoms with E-state index >= 15 is 0 Å². The molecule has 5 N–H and O–H groups in total. The van der Waals surface area contributed by atoms with Crippen LogP contribution in [0, 0.1) is 23.7 Å². The number of hydrogen-bond acceptors (Lipinski definition) is 16. The molecule has 0 bridgehead atoms. The number of aliphatic carboxylic acids is 1. The Morgan fingerprint density at radius 1 is 0.756 bits per heavy atom. The fourth-order valence-corrected chi connectivity index (χ4v) is 13.0. The number of nitrogens with one attached hydrogen (secondary N) is 4. The number of aromatic nitrogens is 1. The van der Waals surface area contributed by atoms with Crippen molar-refractivity contribution in [3.8, 4) is 0 Å². The summed E-state index contributed by atoms with van der Waals surface area (Å²) in [6, 6.07) is 15.1. The van der Waals surface area contributed by atoms with Crippen LogP contribution in [-0.2, 0) is 44.6 Å². The van der Waals surface area contributed by atoms with Gasteiger partial charge in [-0.05, 0) is 119 Å². The van der Waals surface area contributed by atoms with Gasteiger partial charge in [0.2, 0.25) is 11.8 Å². The molecule has 1 saturated carbocycles. The number of hydrogen-bond donors (Lipinski definition) is 5. The molecule has 3 fully saturated rings. The molecule has 22 heteroatoms. The highest BCUT2D eigenvalue weighted by molar-refractivity contribution is 7.09. The lowest BCUT2D eigenvalue weighted by Gasteiger charge is -2.38. The van der Waals surface area contributed by atoms with E-state index in [0.717, 1.165) is 63.3 Å². The van der Waals surface area contributed by atoms with Crippen molar-refractivity contribution in [3.63, 3.8) is 0 Å². The van der Waals surface area contributed by atoms with E-state index in [9.17, 15) is 33.9 Å². The van der Waals surface area contributed by atoms with Crippen molar-refractivity contribution in [2.75, 3.05) is 93.1 Å². The van der Waals surface area contributed by atoms with Gasteiger partial charge in [0.25, 0.3) is 11.8 Å². The number of carboxylic acids is 1. The van der Waals surface area contributed by atoms with Crippen molar-refractivity contribution < 1.29 is 57.7 Å². The lowest BCUT2D eigenvalue weighted by molar-refractivity contribution is -0.141. The van der Waals surface area contributed by atoms with Crippen molar-refractivity contribution in [1.82, 2.24) is 41.0 Å². The minimum Gasteiger partial charge on any atom is -0.481 e. The number of thiazole rings is 1. The number of benzene rings is 2. The van der Waals surface area contributed by atoms with Crippen LogP contribution in [0.2, 0.25) is 0 Å². The van der Waals surface area contributed by atoms with Gasteiger partial charge in [-0.25, -0.2) is 9.78 Å². The van der Waals surface area contributed by atoms with Gasteiger partial charge in [-0.1, -0.05) is 134 Å². The van der Waals surface area contributed by atoms with Crippen LogP contribution >= 0.6 is 11.3 Å². The molecule has 2 aliphatic heterocycles. The topological polar surface area (TPSA) is 252 Å². The number of ether oxygens (including phenoxy) is 4. The Labute approximate surface area is 538 Å². The lowest BCUT2D eigenvalue weighted by atomic mass is 9.92. The quantitative estimate of drug-likeness (QED) is 0.0207. The Morgan fingerprint density at radius 2 is 1.39 bits per heavy atom. The number of amides is 5. The predicted molar refractivity (Wildman–Crippen MR) is 350 cm³/mol. The molecule has 1 aliphatic carbocycles. The van der Waals surface area contributed by atoms with E-state index in [1.807, 2.05) is 65.1 Å². The Kier molecular flexibility index (Phi) is 32.5. The number of carbonyl (C=O) groups excluding carboxylic acids is 5. The van der Waals surface area contributed by atoms with E-state index in [-0.39, 0.29) is 67.3 Å². The molecular weight excluding hydrogens is 1170 g/mol. The number of carboxylic acid groups (broad SMARTS) is 1. The summed E-state index contributed by atoms with van der Waals surface area (Å²) in [6.45, 7) is 15.8. The molecule has 21 nitrogen and oxygen atoms in total. The summed E-state index contributed by atoms with van der Waals surface area (Å²) < 4.78 is 22.4. The number of likely N-dealkylation sites (N-methyl/N-ethyl adjacent to an activating group) is 2. The fraction of sp³-hybridized carbons (Fsp3) is 0.676. The third-order valence-corrected chi connectivity index (χ3v) is 18.9. The van der Waals surface area contributed by atoms with Crippen LogP contribution in [0.3, 0.4) is 0 Å². The molecule has 2 aromatic carbocycles. The summed E-state index contributed by atoms with van der Waals surface area (Å²) in [7, 11) is 3.70. The number of likely N-dealkylation sites (tertiary alicyclic amines) is 2. The van der Waals surface area contributed by atoms with E-state index < -0.39 is 48.1 Å². The average Bonchev–Trinajstić information content (AvgIpc) is 2.87. The largest absolute Gasteiger partial charge is 0.481 e. The van der Waals surface area contributed by atoms with E-state index in [4.69, 9.17) is 28.8 Å². The zero-order valence-corrected chi connectivity index (χ0v) is 55.5. The molecule has 1 aromatic heterocycles. The summed E-state index contributed by atoms with van der Waals surface area (Å²) in [5.41, 5.74) is 2.16. The second-order valence-corrected chi connectivity index (χ2v) is 26.1. The number of rotatable bonds is 36. The highest BCUT2D eigenvalue weighted by Gasteiger charge is 2.38. The molecule has 1 unspecified atom stereocenters. The maximum Gasteiger partial charge on any atom is 0.407 e. The smallest absolute Gasteiger partial charge is 0.407 e. The molecule has 3 heterocycles. The van der Waals surface area contributed by atoms with Crippen molar-refractivity contribution in [2.45, 2.75) is 180 Å². The van der Waals surface area contributed by atoms with Gasteiger partial charge in [0.05, 0.1) is 64.4 Å². The summed E-state index contributed by atoms with van der Waals surface area (Å²) >= 11 is 1.22. The van der Waals surface area contributed by atoms with Gasteiger partial charge in [0.1, 0.15) is 16.7 Å². The van der Waals surface area contributed by atoms with Gasteiger partial charge in [0, 0.05) is 55.6 Å². The van der Waals surface area contributed by atoms with Crippen LogP contribution in [0.4, 0.5) is 4.79 Å². The zero-order chi connectivity index (χ0) is 64.6. The van der Waals surface area contributed by atoms with Crippen molar-refractivity contribution in [1.29, 1.82) is 0 Å². The van der Waals surface area contributed by atoms with E-state index in [2.05, 4.69) is 36.2 Å². The van der Waals surface area contributed by atoms with Gasteiger partial charge in [-0.2, -0.15) is 0 Å². The van der Waals surface area contributed by atoms with Crippen LogP contribution < -0.4 is 21.3 Å². The van der Waals surface area contributed by atoms with Crippen LogP contribution in [-0.4, -0.2) is 190 Å². The van der Waals surface area contributed by atoms with Crippen molar-refractivity contribution in [2.24, 2.45) is 28.8 Å². The monoisotopic (exact) mass is 1270 g/mol. The van der Waals surface area contributed by atoms with E-state index in [1.54, 1.807) is 48.5 Å². The molecule has 3 aliphatic rings. The zero-order valence-electron chi connectivity index (χ0n) is 54.7. The maximum absolute atomic E-state index is 14.6. The van der Waals surface area contributed by atoms with Crippen LogP contribution in [0.25, 0.3) is 0 Å². The number of oxime groups is 1. The molecule has 0 spiro atoms. The molecule has 0 radical (unpaired) electrons. The SMILES string of the molecule is CC[C@@H](C)[C@H](NC(=O)[C@H]1CCCCN1C)C(=O)N(C)[C@H](CC(O/N=C/c1ccc(C(=O)NCCOCCOCCOCCNC(=O)OCC2CCN(C3CCCCCCCC3)CC2)cc1)c1nc(C(=O)N[C@@H](Cc2ccccc2)C[C@H](C)C(=O)O)cs1)C(C)C. The van der Waals surface area contributed by atoms with Gasteiger partial charge in [-0.3, -0.25) is 28.9 Å². The third-order valence-electron chi connectivity index (χ3n) is 18.0. The van der Waals surface area contributed by atoms with Crippen LogP contribution in [0.15, 0.2) is 65.1 Å². The Hall–Kier alpha value is -6.04. The summed E-state index contributed by atoms with van der Waals surface area (Å²) in [6.07, 6.45) is 17.5. The molecule has 500 valence electrons.